The average molecular weight is 322 g/mol. The maximum atomic E-state index is 12.5. The van der Waals surface area contributed by atoms with E-state index in [2.05, 4.69) is 0 Å². The Morgan fingerprint density at radius 1 is 0.957 bits per heavy atom. The van der Waals surface area contributed by atoms with E-state index in [1.807, 2.05) is 24.3 Å². The Morgan fingerprint density at radius 3 is 1.96 bits per heavy atom. The highest BCUT2D eigenvalue weighted by atomic mass is 19.4. The summed E-state index contributed by atoms with van der Waals surface area (Å²) in [6.07, 6.45) is -3.44. The molecule has 5 heteroatoms. The monoisotopic (exact) mass is 322 g/mol. The minimum absolute atomic E-state index is 0.237. The third-order valence-corrected chi connectivity index (χ3v) is 3.42. The van der Waals surface area contributed by atoms with Gasteiger partial charge in [-0.2, -0.15) is 13.2 Å². The van der Waals surface area contributed by atoms with E-state index in [-0.39, 0.29) is 5.97 Å². The number of carbonyl (C=O) groups is 1. The zero-order chi connectivity index (χ0) is 16.9. The summed E-state index contributed by atoms with van der Waals surface area (Å²) in [5, 5.41) is 0. The van der Waals surface area contributed by atoms with E-state index in [1.165, 1.54) is 12.1 Å². The van der Waals surface area contributed by atoms with Crippen molar-refractivity contribution in [2.75, 3.05) is 6.61 Å². The average Bonchev–Trinajstić information content (AvgIpc) is 2.53. The van der Waals surface area contributed by atoms with Crippen LogP contribution in [0.15, 0.2) is 48.5 Å². The number of rotatable bonds is 5. The molecule has 0 aliphatic rings. The Labute approximate surface area is 132 Å². The molecule has 0 spiro atoms. The normalized spacial score (nSPS) is 11.3. The van der Waals surface area contributed by atoms with Crippen LogP contribution in [0.1, 0.15) is 24.5 Å². The summed E-state index contributed by atoms with van der Waals surface area (Å²) < 4.78 is 42.5. The third-order valence-electron chi connectivity index (χ3n) is 3.42. The molecule has 2 nitrogen and oxygen atoms in total. The van der Waals surface area contributed by atoms with Crippen molar-refractivity contribution in [3.8, 4) is 11.1 Å². The molecule has 0 radical (unpaired) electrons. The van der Waals surface area contributed by atoms with Crippen molar-refractivity contribution in [2.45, 2.75) is 25.9 Å². The van der Waals surface area contributed by atoms with Crippen molar-refractivity contribution < 1.29 is 22.7 Å². The molecule has 0 aliphatic carbocycles. The van der Waals surface area contributed by atoms with Gasteiger partial charge in [0, 0.05) is 6.42 Å². The van der Waals surface area contributed by atoms with Crippen LogP contribution in [0.2, 0.25) is 0 Å². The SMILES string of the molecule is CCOC(=O)CCc1ccc(-c2ccc(C(F)(F)F)cc2)cc1. The molecule has 0 heterocycles. The smallest absolute Gasteiger partial charge is 0.416 e. The Morgan fingerprint density at radius 2 is 1.48 bits per heavy atom. The number of alkyl halides is 3. The van der Waals surface area contributed by atoms with Gasteiger partial charge in [0.15, 0.2) is 0 Å². The quantitative estimate of drug-likeness (QED) is 0.734. The van der Waals surface area contributed by atoms with Crippen LogP contribution in [0.5, 0.6) is 0 Å². The molecular formula is C18H17F3O2. The number of hydrogen-bond acceptors (Lipinski definition) is 2. The molecule has 0 N–H and O–H groups in total. The fraction of sp³-hybridized carbons (Fsp3) is 0.278. The number of hydrogen-bond donors (Lipinski definition) is 0. The number of aryl methyl sites for hydroxylation is 1. The highest BCUT2D eigenvalue weighted by Gasteiger charge is 2.29. The fourth-order valence-corrected chi connectivity index (χ4v) is 2.20. The molecule has 0 fully saturated rings. The largest absolute Gasteiger partial charge is 0.466 e. The fourth-order valence-electron chi connectivity index (χ4n) is 2.20. The van der Waals surface area contributed by atoms with Crippen LogP contribution >= 0.6 is 0 Å². The second-order valence-electron chi connectivity index (χ2n) is 5.08. The predicted octanol–water partition coefficient (Wildman–Crippen LogP) is 4.87. The van der Waals surface area contributed by atoms with E-state index in [4.69, 9.17) is 4.74 Å². The standard InChI is InChI=1S/C18H17F3O2/c1-2-23-17(22)12-5-13-3-6-14(7-4-13)15-8-10-16(11-9-15)18(19,20)21/h3-4,6-11H,2,5,12H2,1H3. The van der Waals surface area contributed by atoms with Crippen molar-refractivity contribution >= 4 is 5.97 Å². The van der Waals surface area contributed by atoms with Gasteiger partial charge in [-0.15, -0.1) is 0 Å². The molecule has 2 aromatic carbocycles. The number of ether oxygens (including phenoxy) is 1. The first-order valence-electron chi connectivity index (χ1n) is 7.32. The molecule has 2 aromatic rings. The van der Waals surface area contributed by atoms with Gasteiger partial charge in [0.2, 0.25) is 0 Å². The molecule has 2 rings (SSSR count). The summed E-state index contributed by atoms with van der Waals surface area (Å²) in [7, 11) is 0. The number of carbonyl (C=O) groups excluding carboxylic acids is 1. The van der Waals surface area contributed by atoms with Crippen LogP contribution in [0.4, 0.5) is 13.2 Å². The van der Waals surface area contributed by atoms with E-state index in [0.29, 0.717) is 19.4 Å². The van der Waals surface area contributed by atoms with Crippen LogP contribution in [0, 0.1) is 0 Å². The first-order valence-corrected chi connectivity index (χ1v) is 7.32. The van der Waals surface area contributed by atoms with E-state index in [1.54, 1.807) is 6.92 Å². The minimum Gasteiger partial charge on any atom is -0.466 e. The van der Waals surface area contributed by atoms with Crippen LogP contribution in [0.25, 0.3) is 11.1 Å². The van der Waals surface area contributed by atoms with Gasteiger partial charge in [0.25, 0.3) is 0 Å². The number of esters is 1. The Balaban J connectivity index is 2.03. The van der Waals surface area contributed by atoms with Gasteiger partial charge in [-0.1, -0.05) is 36.4 Å². The van der Waals surface area contributed by atoms with E-state index in [0.717, 1.165) is 28.8 Å². The van der Waals surface area contributed by atoms with Gasteiger partial charge < -0.3 is 4.74 Å². The molecule has 0 amide bonds. The first-order chi connectivity index (χ1) is 10.9. The highest BCUT2D eigenvalue weighted by molar-refractivity contribution is 5.70. The van der Waals surface area contributed by atoms with E-state index < -0.39 is 11.7 Å². The van der Waals surface area contributed by atoms with Crippen molar-refractivity contribution in [3.05, 3.63) is 59.7 Å². The minimum atomic E-state index is -4.32. The second kappa shape index (κ2) is 7.31. The highest BCUT2D eigenvalue weighted by Crippen LogP contribution is 2.31. The van der Waals surface area contributed by atoms with Gasteiger partial charge in [-0.25, -0.2) is 0 Å². The second-order valence-corrected chi connectivity index (χ2v) is 5.08. The zero-order valence-corrected chi connectivity index (χ0v) is 12.7. The van der Waals surface area contributed by atoms with Gasteiger partial charge in [-0.3, -0.25) is 4.79 Å². The summed E-state index contributed by atoms with van der Waals surface area (Å²) in [6.45, 7) is 2.13. The lowest BCUT2D eigenvalue weighted by molar-refractivity contribution is -0.143. The summed E-state index contributed by atoms with van der Waals surface area (Å²) >= 11 is 0. The van der Waals surface area contributed by atoms with Crippen LogP contribution in [-0.4, -0.2) is 12.6 Å². The van der Waals surface area contributed by atoms with Gasteiger partial charge in [0.1, 0.15) is 0 Å². The maximum absolute atomic E-state index is 12.5. The molecule has 0 aliphatic heterocycles. The summed E-state index contributed by atoms with van der Waals surface area (Å²) in [5.74, 6) is -0.237. The maximum Gasteiger partial charge on any atom is 0.416 e. The molecule has 0 unspecified atom stereocenters. The summed E-state index contributed by atoms with van der Waals surface area (Å²) in [6, 6.07) is 12.5. The van der Waals surface area contributed by atoms with Crippen molar-refractivity contribution in [1.82, 2.24) is 0 Å². The van der Waals surface area contributed by atoms with Crippen molar-refractivity contribution in [1.29, 1.82) is 0 Å². The molecule has 0 saturated heterocycles. The van der Waals surface area contributed by atoms with Crippen molar-refractivity contribution in [3.63, 3.8) is 0 Å². The lowest BCUT2D eigenvalue weighted by Crippen LogP contribution is -2.05. The van der Waals surface area contributed by atoms with Gasteiger partial charge in [-0.05, 0) is 42.2 Å². The Bertz CT molecular complexity index is 643. The van der Waals surface area contributed by atoms with Crippen LogP contribution < -0.4 is 0 Å². The first kappa shape index (κ1) is 17.1. The molecule has 0 bridgehead atoms. The number of benzene rings is 2. The van der Waals surface area contributed by atoms with Crippen molar-refractivity contribution in [2.24, 2.45) is 0 Å². The topological polar surface area (TPSA) is 26.3 Å². The molecule has 0 atom stereocenters. The molecule has 0 saturated carbocycles. The van der Waals surface area contributed by atoms with E-state index >= 15 is 0 Å². The molecule has 0 aromatic heterocycles. The molecule has 23 heavy (non-hydrogen) atoms. The lowest BCUT2D eigenvalue weighted by Gasteiger charge is -2.08. The summed E-state index contributed by atoms with van der Waals surface area (Å²) in [4.78, 5) is 11.3. The Kier molecular flexibility index (Phi) is 5.42. The van der Waals surface area contributed by atoms with Gasteiger partial charge in [0.05, 0.1) is 12.2 Å². The van der Waals surface area contributed by atoms with E-state index in [9.17, 15) is 18.0 Å². The zero-order valence-electron chi connectivity index (χ0n) is 12.7. The Hall–Kier alpha value is -2.30. The number of halogens is 3. The lowest BCUT2D eigenvalue weighted by atomic mass is 10.0. The van der Waals surface area contributed by atoms with Crippen LogP contribution in [0.3, 0.4) is 0 Å². The van der Waals surface area contributed by atoms with Gasteiger partial charge >= 0.3 is 12.1 Å². The predicted molar refractivity (Wildman–Crippen MR) is 81.8 cm³/mol. The molecular weight excluding hydrogens is 305 g/mol. The molecule has 122 valence electrons. The third kappa shape index (κ3) is 4.84. The summed E-state index contributed by atoms with van der Waals surface area (Å²) in [5.41, 5.74) is 1.87. The van der Waals surface area contributed by atoms with Crippen LogP contribution in [-0.2, 0) is 22.1 Å².